The molecular formula is C68H115N11O9S. The van der Waals surface area contributed by atoms with Gasteiger partial charge in [-0.25, -0.2) is 32.3 Å². The standard InChI is InChI=1S/2C15H24N2O2.C13H23N3O.C13H22N2O2.C12H22N2O2S/c2*1-15(2,3)7-6-12-10-13(11-16-12)19-14(18)17-8-4-5-9-17;1-5-14-12(17)16-11-8-10(15-9-11)6-7-13(2,3)4;1-5-17-12(16)15-11-8-10(14-9-11)6-7-13(2,3)4;1-5-17(15,16)14-11-8-10(13-9-11)6-7-12(2,3)4/h2*12-13,16H,4-5,8-11H2,1-3H3;10-11,15H,5,8-9H2,1-4H3,(H2,14,16,17);10-11,14H,5,8-9H2,1-4H3,(H,15,16);10-11,13-14H,5,8-9H2,1-4H3/t12?,13-;12-,13+;10-,11-;10?,11-;10-,11-/m11111/s1. The van der Waals surface area contributed by atoms with Gasteiger partial charge in [-0.2, -0.15) is 0 Å². The molecule has 2 unspecified atom stereocenters. The van der Waals surface area contributed by atoms with Gasteiger partial charge in [0.25, 0.3) is 0 Å². The molecule has 7 fully saturated rings. The van der Waals surface area contributed by atoms with Crippen LogP contribution >= 0.6 is 0 Å². The van der Waals surface area contributed by atoms with Crippen LogP contribution in [0.1, 0.15) is 182 Å². The van der Waals surface area contributed by atoms with Gasteiger partial charge in [0, 0.05) is 123 Å². The fourth-order valence-corrected chi connectivity index (χ4v) is 10.3. The zero-order valence-electron chi connectivity index (χ0n) is 57.6. The summed E-state index contributed by atoms with van der Waals surface area (Å²) in [5, 5.41) is 24.9. The lowest BCUT2D eigenvalue weighted by molar-refractivity contribution is 0.0755. The highest BCUT2D eigenvalue weighted by atomic mass is 32.2. The molecule has 9 N–H and O–H groups in total. The van der Waals surface area contributed by atoms with Gasteiger partial charge in [0.2, 0.25) is 10.0 Å². The summed E-state index contributed by atoms with van der Waals surface area (Å²) in [6.07, 6.45) is 7.69. The molecule has 0 aromatic rings. The average Bonchev–Trinajstić information content (AvgIpc) is 4.07. The summed E-state index contributed by atoms with van der Waals surface area (Å²) in [6, 6.07) is 0.935. The van der Waals surface area contributed by atoms with Crippen molar-refractivity contribution < 1.29 is 41.8 Å². The summed E-state index contributed by atoms with van der Waals surface area (Å²) < 4.78 is 41.3. The molecule has 7 rings (SSSR count). The van der Waals surface area contributed by atoms with Crippen LogP contribution in [0.4, 0.5) is 19.2 Å². The summed E-state index contributed by atoms with van der Waals surface area (Å²) in [6.45, 7) is 44.7. The van der Waals surface area contributed by atoms with Gasteiger partial charge >= 0.3 is 24.3 Å². The van der Waals surface area contributed by atoms with Crippen molar-refractivity contribution in [1.82, 2.24) is 57.1 Å². The number of alkyl carbamates (subject to hydrolysis) is 1. The first-order chi connectivity index (χ1) is 41.4. The molecule has 7 saturated heterocycles. The van der Waals surface area contributed by atoms with Gasteiger partial charge < -0.3 is 55.9 Å². The Kier molecular flexibility index (Phi) is 32.5. The lowest BCUT2D eigenvalue weighted by Crippen LogP contribution is -2.42. The molecule has 10 atom stereocenters. The quantitative estimate of drug-likeness (QED) is 0.0813. The summed E-state index contributed by atoms with van der Waals surface area (Å²) >= 11 is 0. The smallest absolute Gasteiger partial charge is 0.410 e. The van der Waals surface area contributed by atoms with E-state index in [9.17, 15) is 27.6 Å². The Morgan fingerprint density at radius 2 is 0.775 bits per heavy atom. The summed E-state index contributed by atoms with van der Waals surface area (Å²) in [5.74, 6) is 32.2. The summed E-state index contributed by atoms with van der Waals surface area (Å²) in [7, 11) is -3.11. The Labute approximate surface area is 537 Å². The Hall–Kier alpha value is -5.41. The van der Waals surface area contributed by atoms with Crippen molar-refractivity contribution >= 4 is 34.3 Å². The minimum absolute atomic E-state index is 0.0112. The Bertz CT molecular complexity index is 2530. The van der Waals surface area contributed by atoms with E-state index in [2.05, 4.69) is 210 Å². The number of hydrogen-bond acceptors (Lipinski definition) is 14. The molecule has 7 heterocycles. The third kappa shape index (κ3) is 36.3. The van der Waals surface area contributed by atoms with E-state index in [-0.39, 0.29) is 118 Å². The van der Waals surface area contributed by atoms with Crippen LogP contribution in [0, 0.1) is 86.3 Å². The van der Waals surface area contributed by atoms with Gasteiger partial charge in [-0.3, -0.25) is 10.6 Å². The minimum Gasteiger partial charge on any atom is -0.450 e. The molecule has 502 valence electrons. The van der Waals surface area contributed by atoms with Crippen LogP contribution in [0.25, 0.3) is 0 Å². The van der Waals surface area contributed by atoms with Gasteiger partial charge in [-0.1, -0.05) is 59.2 Å². The second-order valence-electron chi connectivity index (χ2n) is 29.0. The number of hydrogen-bond donors (Lipinski definition) is 9. The fourth-order valence-electron chi connectivity index (χ4n) is 9.48. The number of nitrogens with zero attached hydrogens (tertiary/aromatic N) is 2. The van der Waals surface area contributed by atoms with Crippen LogP contribution in [-0.2, 0) is 24.2 Å². The molecule has 0 aromatic heterocycles. The van der Waals surface area contributed by atoms with Gasteiger partial charge in [0.05, 0.1) is 42.6 Å². The third-order valence-corrected chi connectivity index (χ3v) is 15.4. The van der Waals surface area contributed by atoms with Crippen molar-refractivity contribution in [1.29, 1.82) is 0 Å². The first-order valence-electron chi connectivity index (χ1n) is 32.6. The zero-order chi connectivity index (χ0) is 66.6. The van der Waals surface area contributed by atoms with Crippen LogP contribution < -0.4 is 47.3 Å². The van der Waals surface area contributed by atoms with E-state index in [1.165, 1.54) is 0 Å². The van der Waals surface area contributed by atoms with Crippen molar-refractivity contribution in [2.45, 2.75) is 243 Å². The number of likely N-dealkylation sites (tertiary alicyclic amines) is 2. The van der Waals surface area contributed by atoms with Crippen molar-refractivity contribution in [2.24, 2.45) is 27.1 Å². The maximum absolute atomic E-state index is 11.9. The molecular weight excluding hydrogens is 1150 g/mol. The highest BCUT2D eigenvalue weighted by molar-refractivity contribution is 7.89. The molecule has 0 saturated carbocycles. The van der Waals surface area contributed by atoms with Crippen LogP contribution in [0.3, 0.4) is 0 Å². The van der Waals surface area contributed by atoms with Crippen LogP contribution in [0.5, 0.6) is 0 Å². The first kappa shape index (κ1) is 77.8. The third-order valence-electron chi connectivity index (χ3n) is 13.9. The summed E-state index contributed by atoms with van der Waals surface area (Å²) in [4.78, 5) is 49.9. The second kappa shape index (κ2) is 37.2. The van der Waals surface area contributed by atoms with Crippen molar-refractivity contribution in [3.8, 4) is 59.2 Å². The number of rotatable bonds is 9. The van der Waals surface area contributed by atoms with Gasteiger partial charge in [-0.05, 0) is 170 Å². The number of carbonyl (C=O) groups excluding carboxylic acids is 4. The maximum Gasteiger partial charge on any atom is 0.410 e. The Morgan fingerprint density at radius 1 is 0.461 bits per heavy atom. The highest BCUT2D eigenvalue weighted by Gasteiger charge is 2.32. The number of ether oxygens (including phenoxy) is 3. The predicted octanol–water partition coefficient (Wildman–Crippen LogP) is 7.30. The largest absolute Gasteiger partial charge is 0.450 e. The van der Waals surface area contributed by atoms with Gasteiger partial charge in [-0.15, -0.1) is 0 Å². The van der Waals surface area contributed by atoms with Crippen molar-refractivity contribution in [3.05, 3.63) is 0 Å². The first-order valence-corrected chi connectivity index (χ1v) is 34.2. The molecule has 0 radical (unpaired) electrons. The molecule has 0 bridgehead atoms. The molecule has 21 heteroatoms. The number of carbonyl (C=O) groups is 4. The topological polar surface area (TPSA) is 245 Å². The van der Waals surface area contributed by atoms with E-state index >= 15 is 0 Å². The van der Waals surface area contributed by atoms with E-state index in [1.54, 1.807) is 23.6 Å². The molecule has 7 aliphatic rings. The van der Waals surface area contributed by atoms with E-state index in [0.29, 0.717) is 32.8 Å². The van der Waals surface area contributed by atoms with Crippen molar-refractivity contribution in [3.63, 3.8) is 0 Å². The molecule has 0 aromatic carbocycles. The minimum atomic E-state index is -3.11. The average molecular weight is 1260 g/mol. The van der Waals surface area contributed by atoms with Crippen LogP contribution in [0.15, 0.2) is 0 Å². The van der Waals surface area contributed by atoms with Gasteiger partial charge in [0.15, 0.2) is 0 Å². The molecule has 20 nitrogen and oxygen atoms in total. The lowest BCUT2D eigenvalue weighted by atomic mass is 9.97. The van der Waals surface area contributed by atoms with Crippen LogP contribution in [0.2, 0.25) is 0 Å². The molecule has 5 amide bonds. The molecule has 89 heavy (non-hydrogen) atoms. The SMILES string of the molecule is CC(C)(C)C#CC1C[C@@H](OC(=O)N2CCCC2)CN1.CC(C)(C)C#C[C@@H]1C[C@H](OC(=O)N2CCCC2)CN1.CCNC(=O)N[C@H]1CN[C@H](C#CC(C)(C)C)C1.CCOC(=O)N[C@H]1CNC(C#CC(C)(C)C)C1.CCS(=O)(=O)N[C@H]1CN[C@H](C#CC(C)(C)C)C1. The van der Waals surface area contributed by atoms with Crippen molar-refractivity contribution in [2.75, 3.05) is 77.8 Å². The fraction of sp³-hybridized carbons (Fsp3) is 0.794. The van der Waals surface area contributed by atoms with E-state index in [4.69, 9.17) is 14.2 Å². The molecule has 0 spiro atoms. The molecule has 7 aliphatic heterocycles. The number of amides is 5. The Morgan fingerprint density at radius 3 is 1.10 bits per heavy atom. The lowest BCUT2D eigenvalue weighted by Gasteiger charge is -2.18. The number of urea groups is 1. The number of sulfonamides is 1. The van der Waals surface area contributed by atoms with Gasteiger partial charge in [0.1, 0.15) is 12.2 Å². The summed E-state index contributed by atoms with van der Waals surface area (Å²) in [5.41, 5.74) is 0.0851. The predicted molar refractivity (Wildman–Crippen MR) is 357 cm³/mol. The van der Waals surface area contributed by atoms with E-state index in [0.717, 1.165) is 97.1 Å². The number of nitrogens with one attached hydrogen (secondary N) is 9. The van der Waals surface area contributed by atoms with E-state index in [1.807, 2.05) is 6.92 Å². The second-order valence-corrected chi connectivity index (χ2v) is 31.0. The van der Waals surface area contributed by atoms with E-state index < -0.39 is 10.0 Å². The monoisotopic (exact) mass is 1260 g/mol. The zero-order valence-corrected chi connectivity index (χ0v) is 58.4. The highest BCUT2D eigenvalue weighted by Crippen LogP contribution is 2.20. The Balaban J connectivity index is 0.000000291. The van der Waals surface area contributed by atoms with Crippen LogP contribution in [-0.4, -0.2) is 181 Å². The normalized spacial score (nSPS) is 25.5. The maximum atomic E-state index is 11.9. The molecule has 0 aliphatic carbocycles.